The molecule has 2 aliphatic heterocycles. The topological polar surface area (TPSA) is 103 Å². The molecule has 0 spiro atoms. The van der Waals surface area contributed by atoms with Gasteiger partial charge >= 0.3 is 6.18 Å². The first kappa shape index (κ1) is 24.7. The number of benzene rings is 1. The molecule has 12 heteroatoms. The number of hydrazone groups is 1. The van der Waals surface area contributed by atoms with Crippen molar-refractivity contribution in [3.05, 3.63) is 71.1 Å². The number of morpholine rings is 1. The molecule has 1 fully saturated rings. The highest BCUT2D eigenvalue weighted by Gasteiger charge is 2.31. The number of imidazole rings is 1. The van der Waals surface area contributed by atoms with E-state index < -0.39 is 11.7 Å². The van der Waals surface area contributed by atoms with Crippen LogP contribution in [0.2, 0.25) is 0 Å². The van der Waals surface area contributed by atoms with Crippen LogP contribution in [0.3, 0.4) is 0 Å². The number of aromatic amines is 1. The minimum atomic E-state index is -4.45. The number of aryl methyl sites for hydroxylation is 1. The highest BCUT2D eigenvalue weighted by Crippen LogP contribution is 2.32. The van der Waals surface area contributed by atoms with E-state index >= 15 is 0 Å². The average Bonchev–Trinajstić information content (AvgIpc) is 3.32. The Morgan fingerprint density at radius 3 is 2.73 bits per heavy atom. The van der Waals surface area contributed by atoms with Crippen LogP contribution in [0.1, 0.15) is 22.8 Å². The van der Waals surface area contributed by atoms with Crippen LogP contribution in [0.4, 0.5) is 19.1 Å². The molecule has 4 heterocycles. The van der Waals surface area contributed by atoms with Crippen molar-refractivity contribution in [3.8, 4) is 0 Å². The predicted octanol–water partition coefficient (Wildman–Crippen LogP) is 3.48. The second-order valence-corrected chi connectivity index (χ2v) is 8.63. The molecule has 3 N–H and O–H groups in total. The fourth-order valence-electron chi connectivity index (χ4n) is 4.11. The van der Waals surface area contributed by atoms with Crippen molar-refractivity contribution in [2.45, 2.75) is 13.1 Å². The number of nitrogens with one attached hydrogen (secondary N) is 3. The van der Waals surface area contributed by atoms with Crippen molar-refractivity contribution < 1.29 is 17.9 Å². The molecule has 9 nitrogen and oxygen atoms in total. The van der Waals surface area contributed by atoms with Crippen LogP contribution < -0.4 is 10.7 Å². The maximum atomic E-state index is 13.2. The standard InChI is InChI=1S/C25H25F3N8O/c1-3-18-17(23-31-19-5-4-16(25(26,27)28)13-21(19)32-23)14-22(35-34-18)20-12-15(2)30-24(33-20)29-6-7-36-8-10-37-11-9-36/h4-5,12-14,34H,1,6-11H2,2H3,(H,31,32)(H,29,30,33). The highest BCUT2D eigenvalue weighted by atomic mass is 19.4. The summed E-state index contributed by atoms with van der Waals surface area (Å²) in [7, 11) is 0. The van der Waals surface area contributed by atoms with E-state index in [0.717, 1.165) is 50.7 Å². The number of rotatable bonds is 6. The first-order valence-corrected chi connectivity index (χ1v) is 11.7. The third-order valence-corrected chi connectivity index (χ3v) is 6.01. The Morgan fingerprint density at radius 1 is 1.16 bits per heavy atom. The van der Waals surface area contributed by atoms with Gasteiger partial charge in [-0.25, -0.2) is 15.0 Å². The maximum absolute atomic E-state index is 13.2. The van der Waals surface area contributed by atoms with Crippen LogP contribution in [-0.4, -0.2) is 69.9 Å². The molecular weight excluding hydrogens is 485 g/mol. The lowest BCUT2D eigenvalue weighted by molar-refractivity contribution is -0.137. The summed E-state index contributed by atoms with van der Waals surface area (Å²) in [6, 6.07) is 5.19. The van der Waals surface area contributed by atoms with Gasteiger partial charge in [-0.3, -0.25) is 10.3 Å². The zero-order valence-corrected chi connectivity index (χ0v) is 20.1. The van der Waals surface area contributed by atoms with E-state index in [-0.39, 0.29) is 5.52 Å². The number of aromatic nitrogens is 4. The molecule has 3 aromatic rings. The monoisotopic (exact) mass is 510 g/mol. The van der Waals surface area contributed by atoms with Crippen LogP contribution in [0.5, 0.6) is 0 Å². The van der Waals surface area contributed by atoms with E-state index in [1.807, 2.05) is 6.92 Å². The highest BCUT2D eigenvalue weighted by molar-refractivity contribution is 6.13. The molecule has 0 unspecified atom stereocenters. The molecule has 2 aliphatic rings. The summed E-state index contributed by atoms with van der Waals surface area (Å²) >= 11 is 0. The van der Waals surface area contributed by atoms with Gasteiger partial charge in [0, 0.05) is 31.9 Å². The van der Waals surface area contributed by atoms with Gasteiger partial charge in [-0.1, -0.05) is 6.58 Å². The summed E-state index contributed by atoms with van der Waals surface area (Å²) in [5.41, 5.74) is 8.40. The third-order valence-electron chi connectivity index (χ3n) is 6.01. The fraction of sp³-hybridized carbons (Fsp3) is 0.320. The molecule has 1 aromatic carbocycles. The minimum absolute atomic E-state index is 0.267. The van der Waals surface area contributed by atoms with Gasteiger partial charge in [-0.05, 0) is 37.3 Å². The van der Waals surface area contributed by atoms with E-state index in [4.69, 9.17) is 4.74 Å². The minimum Gasteiger partial charge on any atom is -0.379 e. The number of ether oxygens (including phenoxy) is 1. The Morgan fingerprint density at radius 2 is 1.97 bits per heavy atom. The molecule has 0 bridgehead atoms. The van der Waals surface area contributed by atoms with E-state index in [2.05, 4.69) is 53.0 Å². The number of hydrogen-bond acceptors (Lipinski definition) is 8. The molecule has 37 heavy (non-hydrogen) atoms. The zero-order chi connectivity index (χ0) is 26.0. The summed E-state index contributed by atoms with van der Waals surface area (Å²) in [6.07, 6.45) is -2.71. The van der Waals surface area contributed by atoms with Crippen molar-refractivity contribution in [1.82, 2.24) is 30.3 Å². The third kappa shape index (κ3) is 5.56. The predicted molar refractivity (Wildman–Crippen MR) is 134 cm³/mol. The molecule has 0 saturated carbocycles. The average molecular weight is 511 g/mol. The quantitative estimate of drug-likeness (QED) is 0.437. The summed E-state index contributed by atoms with van der Waals surface area (Å²) in [4.78, 5) is 18.9. The van der Waals surface area contributed by atoms with E-state index in [1.165, 1.54) is 6.07 Å². The molecule has 1 saturated heterocycles. The number of alkyl halides is 3. The Hall–Kier alpha value is -3.99. The number of fused-ring (bicyclic) bond motifs is 1. The Balaban J connectivity index is 1.40. The van der Waals surface area contributed by atoms with Crippen LogP contribution in [-0.2, 0) is 10.9 Å². The van der Waals surface area contributed by atoms with Gasteiger partial charge in [0.05, 0.1) is 41.1 Å². The van der Waals surface area contributed by atoms with Gasteiger partial charge in [-0.15, -0.1) is 5.73 Å². The van der Waals surface area contributed by atoms with Crippen LogP contribution >= 0.6 is 0 Å². The van der Waals surface area contributed by atoms with Crippen molar-refractivity contribution in [2.75, 3.05) is 44.7 Å². The summed E-state index contributed by atoms with van der Waals surface area (Å²) in [5.74, 6) is 0.837. The lowest BCUT2D eigenvalue weighted by Gasteiger charge is -2.26. The van der Waals surface area contributed by atoms with Gasteiger partial charge in [-0.2, -0.15) is 18.3 Å². The van der Waals surface area contributed by atoms with Gasteiger partial charge in [0.25, 0.3) is 0 Å². The Kier molecular flexibility index (Phi) is 6.79. The zero-order valence-electron chi connectivity index (χ0n) is 20.1. The van der Waals surface area contributed by atoms with Crippen LogP contribution in [0.25, 0.3) is 16.6 Å². The second-order valence-electron chi connectivity index (χ2n) is 8.63. The van der Waals surface area contributed by atoms with Gasteiger partial charge < -0.3 is 15.0 Å². The maximum Gasteiger partial charge on any atom is 0.416 e. The van der Waals surface area contributed by atoms with Crippen molar-refractivity contribution in [3.63, 3.8) is 0 Å². The number of anilines is 1. The van der Waals surface area contributed by atoms with Gasteiger partial charge in [0.1, 0.15) is 17.2 Å². The SMILES string of the molecule is C=C=C1NN=C(c2cc(C)nc(NCCN3CCOCC3)n2)C=C1c1nc2ccc(C(F)(F)F)cc2[nH]1. The van der Waals surface area contributed by atoms with Gasteiger partial charge in [0.2, 0.25) is 5.95 Å². The van der Waals surface area contributed by atoms with Crippen molar-refractivity contribution in [2.24, 2.45) is 5.10 Å². The normalized spacial score (nSPS) is 16.7. The number of nitrogens with zero attached hydrogens (tertiary/aromatic N) is 5. The summed E-state index contributed by atoms with van der Waals surface area (Å²) in [6.45, 7) is 10.4. The number of hydrogen-bond donors (Lipinski definition) is 3. The van der Waals surface area contributed by atoms with E-state index in [0.29, 0.717) is 46.5 Å². The van der Waals surface area contributed by atoms with E-state index in [1.54, 1.807) is 12.1 Å². The molecular formula is C25H25F3N8O. The molecule has 5 rings (SSSR count). The fourth-order valence-corrected chi connectivity index (χ4v) is 4.11. The molecule has 2 aromatic heterocycles. The molecule has 0 atom stereocenters. The molecule has 0 radical (unpaired) electrons. The van der Waals surface area contributed by atoms with Crippen LogP contribution in [0.15, 0.2) is 53.5 Å². The Bertz CT molecular complexity index is 1430. The van der Waals surface area contributed by atoms with E-state index in [9.17, 15) is 13.2 Å². The lowest BCUT2D eigenvalue weighted by Crippen LogP contribution is -2.39. The molecule has 192 valence electrons. The second kappa shape index (κ2) is 10.2. The smallest absolute Gasteiger partial charge is 0.379 e. The molecule has 0 amide bonds. The van der Waals surface area contributed by atoms with Gasteiger partial charge in [0.15, 0.2) is 0 Å². The number of H-pyrrole nitrogens is 1. The largest absolute Gasteiger partial charge is 0.416 e. The Labute approximate surface area is 210 Å². The lowest BCUT2D eigenvalue weighted by atomic mass is 10.1. The van der Waals surface area contributed by atoms with Crippen LogP contribution in [0, 0.1) is 6.92 Å². The number of halogens is 3. The van der Waals surface area contributed by atoms with Crippen molar-refractivity contribution >= 4 is 28.3 Å². The molecule has 0 aliphatic carbocycles. The summed E-state index contributed by atoms with van der Waals surface area (Å²) in [5, 5.41) is 7.66. The van der Waals surface area contributed by atoms with Crippen molar-refractivity contribution in [1.29, 1.82) is 0 Å². The number of allylic oxidation sites excluding steroid dienone is 2. The first-order valence-electron chi connectivity index (χ1n) is 11.7. The summed E-state index contributed by atoms with van der Waals surface area (Å²) < 4.78 is 44.8. The first-order chi connectivity index (χ1) is 17.8.